The van der Waals surface area contributed by atoms with Crippen LogP contribution in [0.2, 0.25) is 0 Å². The second-order valence-corrected chi connectivity index (χ2v) is 8.03. The standard InChI is InChI=1S/C16H24N2O2S2/c19-15(11-14-1-8-22-12-14)17-13-16(2-9-21-10-3-16)18-4-6-20-7-5-18/h1,8,12H,2-7,9-11,13H2,(H,17,19). The number of thiophene rings is 1. The Morgan fingerprint density at radius 3 is 2.77 bits per heavy atom. The van der Waals surface area contributed by atoms with Crippen LogP contribution in [-0.4, -0.2) is 60.7 Å². The number of thioether (sulfide) groups is 1. The van der Waals surface area contributed by atoms with E-state index in [1.165, 1.54) is 11.5 Å². The number of carbonyl (C=O) groups excluding carboxylic acids is 1. The quantitative estimate of drug-likeness (QED) is 0.890. The normalized spacial score (nSPS) is 22.4. The zero-order valence-electron chi connectivity index (χ0n) is 12.9. The van der Waals surface area contributed by atoms with E-state index in [1.807, 2.05) is 23.2 Å². The molecule has 22 heavy (non-hydrogen) atoms. The molecule has 1 aromatic rings. The van der Waals surface area contributed by atoms with Crippen molar-refractivity contribution in [2.45, 2.75) is 24.8 Å². The first-order chi connectivity index (χ1) is 10.8. The minimum atomic E-state index is 0.138. The highest BCUT2D eigenvalue weighted by atomic mass is 32.2. The van der Waals surface area contributed by atoms with Crippen molar-refractivity contribution >= 4 is 29.0 Å². The van der Waals surface area contributed by atoms with Crippen LogP contribution in [0.15, 0.2) is 16.8 Å². The van der Waals surface area contributed by atoms with Crippen LogP contribution in [0.3, 0.4) is 0 Å². The largest absolute Gasteiger partial charge is 0.379 e. The van der Waals surface area contributed by atoms with Gasteiger partial charge >= 0.3 is 0 Å². The first-order valence-electron chi connectivity index (χ1n) is 7.97. The van der Waals surface area contributed by atoms with Crippen molar-refractivity contribution in [2.24, 2.45) is 0 Å². The summed E-state index contributed by atoms with van der Waals surface area (Å²) in [5.74, 6) is 2.53. The predicted molar refractivity (Wildman–Crippen MR) is 92.7 cm³/mol. The van der Waals surface area contributed by atoms with Crippen molar-refractivity contribution < 1.29 is 9.53 Å². The molecule has 0 bridgehead atoms. The minimum absolute atomic E-state index is 0.138. The van der Waals surface area contributed by atoms with Gasteiger partial charge in [-0.2, -0.15) is 23.1 Å². The van der Waals surface area contributed by atoms with E-state index in [1.54, 1.807) is 11.3 Å². The fraction of sp³-hybridized carbons (Fsp3) is 0.688. The third kappa shape index (κ3) is 4.04. The number of rotatable bonds is 5. The summed E-state index contributed by atoms with van der Waals surface area (Å²) in [6.07, 6.45) is 2.82. The van der Waals surface area contributed by atoms with Crippen LogP contribution in [0, 0.1) is 0 Å². The molecule has 2 aliphatic rings. The number of hydrogen-bond donors (Lipinski definition) is 1. The highest BCUT2D eigenvalue weighted by Crippen LogP contribution is 2.32. The average molecular weight is 341 g/mol. The molecule has 0 atom stereocenters. The van der Waals surface area contributed by atoms with E-state index in [9.17, 15) is 4.79 Å². The van der Waals surface area contributed by atoms with Crippen LogP contribution >= 0.6 is 23.1 Å². The summed E-state index contributed by atoms with van der Waals surface area (Å²) in [5.41, 5.74) is 1.25. The second kappa shape index (κ2) is 7.81. The Morgan fingerprint density at radius 2 is 2.09 bits per heavy atom. The lowest BCUT2D eigenvalue weighted by atomic mass is 9.89. The van der Waals surface area contributed by atoms with E-state index in [0.29, 0.717) is 6.42 Å². The van der Waals surface area contributed by atoms with E-state index < -0.39 is 0 Å². The van der Waals surface area contributed by atoms with Crippen LogP contribution in [0.4, 0.5) is 0 Å². The minimum Gasteiger partial charge on any atom is -0.379 e. The smallest absolute Gasteiger partial charge is 0.224 e. The summed E-state index contributed by atoms with van der Waals surface area (Å²) >= 11 is 3.67. The molecule has 0 aliphatic carbocycles. The Morgan fingerprint density at radius 1 is 1.32 bits per heavy atom. The molecule has 0 spiro atoms. The number of nitrogens with one attached hydrogen (secondary N) is 1. The SMILES string of the molecule is O=C(Cc1ccsc1)NCC1(N2CCOCC2)CCSCC1. The highest BCUT2D eigenvalue weighted by molar-refractivity contribution is 7.99. The predicted octanol–water partition coefficient (Wildman–Crippen LogP) is 2.00. The Hall–Kier alpha value is -0.560. The maximum absolute atomic E-state index is 12.2. The first-order valence-corrected chi connectivity index (χ1v) is 10.1. The van der Waals surface area contributed by atoms with Gasteiger partial charge in [0.05, 0.1) is 19.6 Å². The molecule has 0 saturated carbocycles. The fourth-order valence-corrected chi connectivity index (χ4v) is 5.22. The van der Waals surface area contributed by atoms with Gasteiger partial charge in [0, 0.05) is 25.2 Å². The van der Waals surface area contributed by atoms with Crippen molar-refractivity contribution in [3.05, 3.63) is 22.4 Å². The van der Waals surface area contributed by atoms with E-state index in [2.05, 4.69) is 15.6 Å². The summed E-state index contributed by atoms with van der Waals surface area (Å²) in [4.78, 5) is 14.8. The molecule has 4 nitrogen and oxygen atoms in total. The molecule has 3 rings (SSSR count). The fourth-order valence-electron chi connectivity index (χ4n) is 3.30. The van der Waals surface area contributed by atoms with E-state index in [0.717, 1.165) is 51.3 Å². The Bertz CT molecular complexity index is 467. The van der Waals surface area contributed by atoms with Gasteiger partial charge in [-0.1, -0.05) is 0 Å². The number of morpholine rings is 1. The lowest BCUT2D eigenvalue weighted by Crippen LogP contribution is -2.60. The summed E-state index contributed by atoms with van der Waals surface area (Å²) < 4.78 is 5.50. The molecule has 2 aliphatic heterocycles. The van der Waals surface area contributed by atoms with E-state index in [-0.39, 0.29) is 11.4 Å². The number of carbonyl (C=O) groups is 1. The maximum atomic E-state index is 12.2. The average Bonchev–Trinajstić information content (AvgIpc) is 3.08. The Kier molecular flexibility index (Phi) is 5.79. The molecule has 0 aromatic carbocycles. The summed E-state index contributed by atoms with van der Waals surface area (Å²) in [6, 6.07) is 2.03. The van der Waals surface area contributed by atoms with Gasteiger partial charge < -0.3 is 10.1 Å². The van der Waals surface area contributed by atoms with E-state index >= 15 is 0 Å². The molecule has 2 fully saturated rings. The van der Waals surface area contributed by atoms with Crippen LogP contribution in [0.5, 0.6) is 0 Å². The molecule has 0 unspecified atom stereocenters. The highest BCUT2D eigenvalue weighted by Gasteiger charge is 2.39. The van der Waals surface area contributed by atoms with Crippen LogP contribution < -0.4 is 5.32 Å². The van der Waals surface area contributed by atoms with Gasteiger partial charge in [-0.05, 0) is 46.7 Å². The van der Waals surface area contributed by atoms with Crippen LogP contribution in [0.25, 0.3) is 0 Å². The van der Waals surface area contributed by atoms with Gasteiger partial charge in [-0.15, -0.1) is 0 Å². The number of nitrogens with zero attached hydrogens (tertiary/aromatic N) is 1. The van der Waals surface area contributed by atoms with Gasteiger partial charge in [-0.25, -0.2) is 0 Å². The van der Waals surface area contributed by atoms with Gasteiger partial charge in [0.2, 0.25) is 5.91 Å². The van der Waals surface area contributed by atoms with Crippen LogP contribution in [0.1, 0.15) is 18.4 Å². The van der Waals surface area contributed by atoms with Crippen molar-refractivity contribution in [3.8, 4) is 0 Å². The third-order valence-corrected chi connectivity index (χ3v) is 6.38. The zero-order valence-corrected chi connectivity index (χ0v) is 14.5. The van der Waals surface area contributed by atoms with Gasteiger partial charge in [0.15, 0.2) is 0 Å². The maximum Gasteiger partial charge on any atom is 0.224 e. The molecule has 6 heteroatoms. The number of amides is 1. The van der Waals surface area contributed by atoms with Crippen molar-refractivity contribution in [1.82, 2.24) is 10.2 Å². The van der Waals surface area contributed by atoms with Crippen LogP contribution in [-0.2, 0) is 16.0 Å². The summed E-state index contributed by atoms with van der Waals surface area (Å²) in [5, 5.41) is 7.28. The van der Waals surface area contributed by atoms with Gasteiger partial charge in [0.1, 0.15) is 0 Å². The molecule has 1 amide bonds. The molecule has 1 N–H and O–H groups in total. The molecule has 0 radical (unpaired) electrons. The molecular weight excluding hydrogens is 316 g/mol. The van der Waals surface area contributed by atoms with Gasteiger partial charge in [-0.3, -0.25) is 9.69 Å². The number of hydrogen-bond acceptors (Lipinski definition) is 5. The van der Waals surface area contributed by atoms with E-state index in [4.69, 9.17) is 4.74 Å². The Labute approximate surface area is 140 Å². The van der Waals surface area contributed by atoms with Gasteiger partial charge in [0.25, 0.3) is 0 Å². The van der Waals surface area contributed by atoms with Crippen molar-refractivity contribution in [3.63, 3.8) is 0 Å². The number of ether oxygens (including phenoxy) is 1. The summed E-state index contributed by atoms with van der Waals surface area (Å²) in [7, 11) is 0. The van der Waals surface area contributed by atoms with Crippen molar-refractivity contribution in [1.29, 1.82) is 0 Å². The lowest BCUT2D eigenvalue weighted by molar-refractivity contribution is -0.121. The topological polar surface area (TPSA) is 41.6 Å². The molecular formula is C16H24N2O2S2. The summed E-state index contributed by atoms with van der Waals surface area (Å²) in [6.45, 7) is 4.39. The molecule has 3 heterocycles. The third-order valence-electron chi connectivity index (χ3n) is 4.66. The first kappa shape index (κ1) is 16.3. The molecule has 1 aromatic heterocycles. The van der Waals surface area contributed by atoms with Crippen molar-refractivity contribution in [2.75, 3.05) is 44.4 Å². The monoisotopic (exact) mass is 340 g/mol. The molecule has 2 saturated heterocycles. The second-order valence-electron chi connectivity index (χ2n) is 6.02. The lowest BCUT2D eigenvalue weighted by Gasteiger charge is -2.48. The zero-order chi connectivity index (χ0) is 15.3. The Balaban J connectivity index is 1.58. The molecule has 122 valence electrons.